The fraction of sp³-hybridized carbons (Fsp3) is 0.481. The molecule has 5 rings (SSSR count). The van der Waals surface area contributed by atoms with E-state index in [1.807, 2.05) is 6.07 Å². The first kappa shape index (κ1) is 25.5. The van der Waals surface area contributed by atoms with Gasteiger partial charge in [-0.3, -0.25) is 9.59 Å². The Morgan fingerprint density at radius 2 is 1.92 bits per heavy atom. The second kappa shape index (κ2) is 8.98. The Bertz CT molecular complexity index is 1230. The average Bonchev–Trinajstić information content (AvgIpc) is 3.23. The molecule has 0 aromatic heterocycles. The van der Waals surface area contributed by atoms with Crippen LogP contribution in [0.5, 0.6) is 0 Å². The predicted molar refractivity (Wildman–Crippen MR) is 138 cm³/mol. The Kier molecular flexibility index (Phi) is 6.35. The minimum Gasteiger partial charge on any atom is -0.393 e. The minimum absolute atomic E-state index is 0.0714. The van der Waals surface area contributed by atoms with Gasteiger partial charge in [-0.15, -0.1) is 0 Å². The zero-order valence-corrected chi connectivity index (χ0v) is 21.9. The number of anilines is 1. The second-order valence-electron chi connectivity index (χ2n) is 11.5. The number of aliphatic hydroxyl groups excluding tert-OH is 1. The van der Waals surface area contributed by atoms with Gasteiger partial charge < -0.3 is 21.1 Å². The maximum Gasteiger partial charge on any atom is 0.238 e. The lowest BCUT2D eigenvalue weighted by Crippen LogP contribution is -2.53. The van der Waals surface area contributed by atoms with Crippen LogP contribution in [0.4, 0.5) is 10.1 Å². The van der Waals surface area contributed by atoms with Crippen molar-refractivity contribution in [2.45, 2.75) is 75.6 Å². The number of carbonyl (C=O) groups excluding carboxylic acids is 2. The van der Waals surface area contributed by atoms with E-state index in [-0.39, 0.29) is 28.3 Å². The first-order valence-corrected chi connectivity index (χ1v) is 13.0. The number of halogens is 3. The van der Waals surface area contributed by atoms with Crippen LogP contribution in [0, 0.1) is 11.2 Å². The molecular formula is C27H30Cl2FN3O3. The van der Waals surface area contributed by atoms with Gasteiger partial charge in [-0.25, -0.2) is 4.39 Å². The summed E-state index contributed by atoms with van der Waals surface area (Å²) in [6, 6.07) is 8.36. The SMILES string of the molecule is CC(C)(C)C[C@H]1N[C@@H](C(=O)N[C@H]2C[C@@H](O)C2)[C@H](c2ccc(F)c(Cl)c2)[C@@]12C(=O)Nc1cc(Cl)ccc12. The molecular weight excluding hydrogens is 504 g/mol. The summed E-state index contributed by atoms with van der Waals surface area (Å²) in [4.78, 5) is 27.7. The third-order valence-corrected chi connectivity index (χ3v) is 8.19. The summed E-state index contributed by atoms with van der Waals surface area (Å²) in [5, 5.41) is 19.7. The molecule has 2 heterocycles. The van der Waals surface area contributed by atoms with Gasteiger partial charge in [0.2, 0.25) is 11.8 Å². The molecule has 4 N–H and O–H groups in total. The third-order valence-electron chi connectivity index (χ3n) is 7.67. The third kappa shape index (κ3) is 4.20. The van der Waals surface area contributed by atoms with Crippen LogP contribution in [-0.4, -0.2) is 41.2 Å². The molecule has 192 valence electrons. The number of fused-ring (bicyclic) bond motifs is 2. The van der Waals surface area contributed by atoms with Crippen molar-refractivity contribution in [2.75, 3.05) is 5.32 Å². The Balaban J connectivity index is 1.69. The van der Waals surface area contributed by atoms with E-state index in [0.29, 0.717) is 35.5 Å². The van der Waals surface area contributed by atoms with Gasteiger partial charge in [0.15, 0.2) is 0 Å². The van der Waals surface area contributed by atoms with Crippen molar-refractivity contribution >= 4 is 40.7 Å². The van der Waals surface area contributed by atoms with Crippen LogP contribution in [0.2, 0.25) is 10.0 Å². The summed E-state index contributed by atoms with van der Waals surface area (Å²) in [5.74, 6) is -1.74. The Hall–Kier alpha value is -2.19. The van der Waals surface area contributed by atoms with E-state index >= 15 is 0 Å². The summed E-state index contributed by atoms with van der Waals surface area (Å²) in [7, 11) is 0. The van der Waals surface area contributed by atoms with Crippen molar-refractivity contribution < 1.29 is 19.1 Å². The van der Waals surface area contributed by atoms with E-state index in [0.717, 1.165) is 5.56 Å². The molecule has 1 saturated carbocycles. The van der Waals surface area contributed by atoms with E-state index in [9.17, 15) is 19.1 Å². The lowest BCUT2D eigenvalue weighted by Gasteiger charge is -2.38. The monoisotopic (exact) mass is 533 g/mol. The average molecular weight is 534 g/mol. The quantitative estimate of drug-likeness (QED) is 0.465. The molecule has 2 amide bonds. The maximum absolute atomic E-state index is 14.2. The Morgan fingerprint density at radius 1 is 1.19 bits per heavy atom. The zero-order chi connectivity index (χ0) is 26.0. The van der Waals surface area contributed by atoms with E-state index in [4.69, 9.17) is 23.2 Å². The van der Waals surface area contributed by atoms with Crippen molar-refractivity contribution in [1.29, 1.82) is 0 Å². The van der Waals surface area contributed by atoms with Gasteiger partial charge in [0.25, 0.3) is 0 Å². The van der Waals surface area contributed by atoms with Gasteiger partial charge in [-0.2, -0.15) is 0 Å². The molecule has 2 aromatic carbocycles. The molecule has 9 heteroatoms. The highest BCUT2D eigenvalue weighted by molar-refractivity contribution is 6.31. The maximum atomic E-state index is 14.2. The van der Waals surface area contributed by atoms with Crippen LogP contribution in [0.1, 0.15) is 57.1 Å². The molecule has 4 atom stereocenters. The molecule has 0 bridgehead atoms. The Morgan fingerprint density at radius 3 is 2.56 bits per heavy atom. The molecule has 2 fully saturated rings. The fourth-order valence-corrected chi connectivity index (χ4v) is 6.49. The van der Waals surface area contributed by atoms with E-state index in [1.165, 1.54) is 12.1 Å². The van der Waals surface area contributed by atoms with Gasteiger partial charge in [0.05, 0.1) is 17.2 Å². The number of benzene rings is 2. The summed E-state index contributed by atoms with van der Waals surface area (Å²) < 4.78 is 14.2. The first-order valence-electron chi connectivity index (χ1n) is 12.2. The fourth-order valence-electron chi connectivity index (χ4n) is 6.12. The molecule has 1 aliphatic carbocycles. The van der Waals surface area contributed by atoms with Crippen LogP contribution < -0.4 is 16.0 Å². The number of nitrogens with one attached hydrogen (secondary N) is 3. The standard InChI is InChI=1S/C27H30Cl2FN3O3/c1-26(2,3)12-21-27(17-6-5-14(28)9-20(17)32-25(27)36)22(13-4-7-19(30)18(29)8-13)23(33-21)24(35)31-15-10-16(34)11-15/h4-9,15-16,21-23,33-34H,10-12H2,1-3H3,(H,31,35)(H,32,36)/t15-,16+,21-,22+,23-,27+/m1/s1. The largest absolute Gasteiger partial charge is 0.393 e. The highest BCUT2D eigenvalue weighted by Crippen LogP contribution is 2.56. The van der Waals surface area contributed by atoms with Gasteiger partial charge in [-0.05, 0) is 60.1 Å². The van der Waals surface area contributed by atoms with Gasteiger partial charge in [0.1, 0.15) is 11.2 Å². The van der Waals surface area contributed by atoms with Crippen molar-refractivity contribution in [1.82, 2.24) is 10.6 Å². The number of hydrogen-bond acceptors (Lipinski definition) is 4. The summed E-state index contributed by atoms with van der Waals surface area (Å²) in [5.41, 5.74) is 0.620. The first-order chi connectivity index (χ1) is 16.9. The smallest absolute Gasteiger partial charge is 0.238 e. The number of amides is 2. The zero-order valence-electron chi connectivity index (χ0n) is 20.4. The molecule has 2 aliphatic heterocycles. The lowest BCUT2D eigenvalue weighted by atomic mass is 9.62. The van der Waals surface area contributed by atoms with Crippen molar-refractivity contribution in [3.05, 3.63) is 63.4 Å². The summed E-state index contributed by atoms with van der Waals surface area (Å²) in [6.45, 7) is 6.26. The topological polar surface area (TPSA) is 90.5 Å². The minimum atomic E-state index is -1.16. The van der Waals surface area contributed by atoms with Crippen LogP contribution >= 0.6 is 23.2 Å². The molecule has 0 radical (unpaired) electrons. The van der Waals surface area contributed by atoms with Crippen LogP contribution in [0.25, 0.3) is 0 Å². The molecule has 1 spiro atoms. The van der Waals surface area contributed by atoms with Crippen molar-refractivity contribution in [3.63, 3.8) is 0 Å². The van der Waals surface area contributed by atoms with E-state index in [2.05, 4.69) is 36.7 Å². The predicted octanol–water partition coefficient (Wildman–Crippen LogP) is 4.52. The Labute approximate surface area is 219 Å². The van der Waals surface area contributed by atoms with Gasteiger partial charge in [-0.1, -0.05) is 56.1 Å². The summed E-state index contributed by atoms with van der Waals surface area (Å²) in [6.07, 6.45) is 1.16. The molecule has 2 aromatic rings. The molecule has 3 aliphatic rings. The normalized spacial score (nSPS) is 31.2. The molecule has 0 unspecified atom stereocenters. The van der Waals surface area contributed by atoms with Crippen molar-refractivity contribution in [2.24, 2.45) is 5.41 Å². The second-order valence-corrected chi connectivity index (χ2v) is 12.3. The van der Waals surface area contributed by atoms with Crippen LogP contribution in [-0.2, 0) is 15.0 Å². The van der Waals surface area contributed by atoms with Crippen LogP contribution in [0.15, 0.2) is 36.4 Å². The number of carbonyl (C=O) groups is 2. The van der Waals surface area contributed by atoms with E-state index in [1.54, 1.807) is 18.2 Å². The number of rotatable bonds is 4. The molecule has 36 heavy (non-hydrogen) atoms. The summed E-state index contributed by atoms with van der Waals surface area (Å²) >= 11 is 12.5. The molecule has 6 nitrogen and oxygen atoms in total. The lowest BCUT2D eigenvalue weighted by molar-refractivity contribution is -0.125. The van der Waals surface area contributed by atoms with E-state index < -0.39 is 35.3 Å². The highest BCUT2D eigenvalue weighted by atomic mass is 35.5. The number of hydrogen-bond donors (Lipinski definition) is 4. The van der Waals surface area contributed by atoms with Gasteiger partial charge >= 0.3 is 0 Å². The van der Waals surface area contributed by atoms with Crippen LogP contribution in [0.3, 0.4) is 0 Å². The molecule has 1 saturated heterocycles. The van der Waals surface area contributed by atoms with Crippen molar-refractivity contribution in [3.8, 4) is 0 Å². The van der Waals surface area contributed by atoms with Gasteiger partial charge in [0, 0.05) is 28.7 Å². The highest BCUT2D eigenvalue weighted by Gasteiger charge is 2.65. The number of aliphatic hydroxyl groups is 1.